The average Bonchev–Trinajstić information content (AvgIpc) is 3.71. The average molecular weight is 688 g/mol. The zero-order valence-electron chi connectivity index (χ0n) is 29.0. The second-order valence-corrected chi connectivity index (χ2v) is 13.3. The van der Waals surface area contributed by atoms with Crippen LogP contribution in [-0.2, 0) is 17.7 Å². The number of likely N-dealkylation sites (tertiary alicyclic amines) is 1. The molecule has 0 bridgehead atoms. The van der Waals surface area contributed by atoms with Gasteiger partial charge in [0.15, 0.2) is 23.1 Å². The summed E-state index contributed by atoms with van der Waals surface area (Å²) in [5, 5.41) is 20.2. The zero-order valence-corrected chi connectivity index (χ0v) is 29.0. The number of methoxy groups -OCH3 is 1. The Kier molecular flexibility index (Phi) is 10.6. The number of benzene rings is 2. The maximum Gasteiger partial charge on any atom is 0.251 e. The van der Waals surface area contributed by atoms with Crippen LogP contribution in [0.15, 0.2) is 55.1 Å². The van der Waals surface area contributed by atoms with E-state index in [-0.39, 0.29) is 23.6 Å². The van der Waals surface area contributed by atoms with Crippen LogP contribution in [0.4, 0.5) is 20.3 Å². The summed E-state index contributed by atoms with van der Waals surface area (Å²) < 4.78 is 40.6. The summed E-state index contributed by atoms with van der Waals surface area (Å²) in [4.78, 5) is 22.2. The fraction of sp³-hybridized carbons (Fsp3) is 0.405. The smallest absolute Gasteiger partial charge is 0.251 e. The number of likely N-dealkylation sites (N-methyl/N-ethyl adjacent to an activating group) is 1. The molecule has 3 aromatic heterocycles. The van der Waals surface area contributed by atoms with E-state index in [9.17, 15) is 9.90 Å². The van der Waals surface area contributed by atoms with Crippen LogP contribution in [0, 0.1) is 24.5 Å². The number of ether oxygens (including phenoxy) is 1. The monoisotopic (exact) mass is 687 g/mol. The number of amides is 1. The van der Waals surface area contributed by atoms with Gasteiger partial charge in [0.05, 0.1) is 57.5 Å². The van der Waals surface area contributed by atoms with Crippen molar-refractivity contribution >= 4 is 23.1 Å². The Labute approximate surface area is 290 Å². The quantitative estimate of drug-likeness (QED) is 0.142. The van der Waals surface area contributed by atoms with Gasteiger partial charge in [-0.3, -0.25) is 13.9 Å². The maximum absolute atomic E-state index is 15.7. The van der Waals surface area contributed by atoms with E-state index in [4.69, 9.17) is 4.74 Å². The molecule has 13 heteroatoms. The molecule has 0 saturated carbocycles. The van der Waals surface area contributed by atoms with Crippen molar-refractivity contribution in [2.75, 3.05) is 58.9 Å². The molecule has 5 aromatic rings. The van der Waals surface area contributed by atoms with E-state index in [0.717, 1.165) is 48.2 Å². The summed E-state index contributed by atoms with van der Waals surface area (Å²) in [5.74, 6) is -1.19. The minimum atomic E-state index is -0.982. The van der Waals surface area contributed by atoms with E-state index in [1.807, 2.05) is 25.1 Å². The van der Waals surface area contributed by atoms with Crippen LogP contribution < -0.4 is 10.6 Å². The van der Waals surface area contributed by atoms with Crippen molar-refractivity contribution < 1.29 is 27.9 Å². The standard InChI is InChI=1S/C37H44F2N8O3/c1-5-26-20-27(6-7-28(26)37(49)42-21-25-10-15-47(3,16-11-25)17-18-48)43-35-36-41-22-32(46(36)13-12-40-35)30-9-8-29(33(38)34(30)39)31-23-45(14-19-50-4)44-24(31)2/h6-9,12-13,20,22-23,25,48H,5,10-11,14-19,21H2,1-4H3,(H-,40,42,43,49)/p+1. The molecule has 3 N–H and O–H groups in total. The van der Waals surface area contributed by atoms with Gasteiger partial charge in [0.1, 0.15) is 6.54 Å². The highest BCUT2D eigenvalue weighted by molar-refractivity contribution is 5.96. The number of rotatable bonds is 13. The number of piperidine rings is 1. The van der Waals surface area contributed by atoms with Gasteiger partial charge in [0.25, 0.3) is 5.91 Å². The Morgan fingerprint density at radius 2 is 1.86 bits per heavy atom. The lowest BCUT2D eigenvalue weighted by Gasteiger charge is -2.40. The van der Waals surface area contributed by atoms with Crippen molar-refractivity contribution in [3.8, 4) is 22.4 Å². The van der Waals surface area contributed by atoms with Gasteiger partial charge in [-0.1, -0.05) is 13.0 Å². The number of aliphatic hydroxyl groups excluding tert-OH is 1. The number of aliphatic hydroxyl groups is 1. The van der Waals surface area contributed by atoms with Gasteiger partial charge in [-0.25, -0.2) is 18.7 Å². The molecule has 1 saturated heterocycles. The Bertz CT molecular complexity index is 1980. The van der Waals surface area contributed by atoms with Crippen molar-refractivity contribution in [1.29, 1.82) is 0 Å². The first kappa shape index (κ1) is 35.1. The lowest BCUT2D eigenvalue weighted by atomic mass is 9.95. The van der Waals surface area contributed by atoms with Crippen molar-refractivity contribution in [2.45, 2.75) is 39.7 Å². The Morgan fingerprint density at radius 1 is 1.10 bits per heavy atom. The minimum Gasteiger partial charge on any atom is -0.391 e. The maximum atomic E-state index is 15.7. The molecular weight excluding hydrogens is 642 g/mol. The largest absolute Gasteiger partial charge is 0.391 e. The number of hydrogen-bond donors (Lipinski definition) is 3. The molecule has 264 valence electrons. The summed E-state index contributed by atoms with van der Waals surface area (Å²) in [6, 6.07) is 8.68. The first-order valence-corrected chi connectivity index (χ1v) is 17.1. The fourth-order valence-electron chi connectivity index (χ4n) is 6.81. The number of halogens is 2. The lowest BCUT2D eigenvalue weighted by molar-refractivity contribution is -0.915. The number of nitrogens with zero attached hydrogens (tertiary/aromatic N) is 6. The molecule has 11 nitrogen and oxygen atoms in total. The second kappa shape index (κ2) is 15.0. The molecule has 0 aliphatic carbocycles. The van der Waals surface area contributed by atoms with E-state index in [1.165, 1.54) is 6.20 Å². The van der Waals surface area contributed by atoms with Gasteiger partial charge in [0, 0.05) is 73.0 Å². The van der Waals surface area contributed by atoms with E-state index in [0.29, 0.717) is 66.0 Å². The highest BCUT2D eigenvalue weighted by atomic mass is 19.2. The Hall–Kier alpha value is -4.72. The summed E-state index contributed by atoms with van der Waals surface area (Å²) in [6.45, 7) is 8.30. The Balaban J connectivity index is 1.18. The van der Waals surface area contributed by atoms with Crippen molar-refractivity contribution in [3.63, 3.8) is 0 Å². The normalized spacial score (nSPS) is 17.7. The van der Waals surface area contributed by atoms with Gasteiger partial charge in [-0.05, 0) is 49.1 Å². The molecule has 1 aliphatic rings. The van der Waals surface area contributed by atoms with E-state index < -0.39 is 11.6 Å². The molecule has 0 atom stereocenters. The summed E-state index contributed by atoms with van der Waals surface area (Å²) >= 11 is 0. The third kappa shape index (κ3) is 7.25. The van der Waals surface area contributed by atoms with Crippen molar-refractivity contribution in [3.05, 3.63) is 83.6 Å². The number of fused-ring (bicyclic) bond motifs is 1. The first-order valence-electron chi connectivity index (χ1n) is 17.1. The van der Waals surface area contributed by atoms with Crippen LogP contribution in [0.25, 0.3) is 28.0 Å². The van der Waals surface area contributed by atoms with Crippen LogP contribution in [0.1, 0.15) is 41.4 Å². The third-order valence-corrected chi connectivity index (χ3v) is 9.89. The third-order valence-electron chi connectivity index (χ3n) is 9.89. The van der Waals surface area contributed by atoms with Gasteiger partial charge >= 0.3 is 0 Å². The number of hydrogen-bond acceptors (Lipinski definition) is 7. The minimum absolute atomic E-state index is 0.0652. The summed E-state index contributed by atoms with van der Waals surface area (Å²) in [6.07, 6.45) is 9.10. The molecule has 6 rings (SSSR count). The van der Waals surface area contributed by atoms with Crippen LogP contribution in [0.3, 0.4) is 0 Å². The number of nitrogens with one attached hydrogen (secondary N) is 2. The van der Waals surface area contributed by atoms with E-state index in [1.54, 1.807) is 53.8 Å². The highest BCUT2D eigenvalue weighted by Gasteiger charge is 2.30. The van der Waals surface area contributed by atoms with Gasteiger partial charge in [0.2, 0.25) is 0 Å². The second-order valence-electron chi connectivity index (χ2n) is 13.3. The molecule has 0 unspecified atom stereocenters. The molecule has 1 fully saturated rings. The van der Waals surface area contributed by atoms with Gasteiger partial charge in [-0.2, -0.15) is 5.10 Å². The van der Waals surface area contributed by atoms with Crippen LogP contribution >= 0.6 is 0 Å². The Morgan fingerprint density at radius 3 is 2.60 bits per heavy atom. The number of aryl methyl sites for hydroxylation is 2. The van der Waals surface area contributed by atoms with Crippen LogP contribution in [-0.4, -0.2) is 93.2 Å². The summed E-state index contributed by atoms with van der Waals surface area (Å²) in [7, 11) is 3.77. The fourth-order valence-corrected chi connectivity index (χ4v) is 6.81. The number of aromatic nitrogens is 5. The molecular formula is C37H45F2N8O3+. The topological polar surface area (TPSA) is 119 Å². The lowest BCUT2D eigenvalue weighted by Crippen LogP contribution is -2.52. The number of carbonyl (C=O) groups is 1. The summed E-state index contributed by atoms with van der Waals surface area (Å²) in [5.41, 5.74) is 4.34. The molecule has 1 amide bonds. The number of imidazole rings is 1. The molecule has 2 aromatic carbocycles. The number of quaternary nitrogens is 1. The SMILES string of the molecule is CCc1cc(Nc2nccn3c(-c4ccc(-c5cn(CCOC)nc5C)c(F)c4F)cnc23)ccc1C(=O)NCC1CC[N+](C)(CCO)CC1. The molecule has 0 spiro atoms. The molecule has 1 aliphatic heterocycles. The predicted molar refractivity (Wildman–Crippen MR) is 188 cm³/mol. The number of anilines is 2. The molecule has 4 heterocycles. The predicted octanol–water partition coefficient (Wildman–Crippen LogP) is 5.38. The van der Waals surface area contributed by atoms with E-state index in [2.05, 4.69) is 32.7 Å². The number of carbonyl (C=O) groups excluding carboxylic acids is 1. The van der Waals surface area contributed by atoms with Gasteiger partial charge in [-0.15, -0.1) is 0 Å². The molecule has 0 radical (unpaired) electrons. The van der Waals surface area contributed by atoms with Crippen LogP contribution in [0.2, 0.25) is 0 Å². The van der Waals surface area contributed by atoms with Crippen molar-refractivity contribution in [2.24, 2.45) is 5.92 Å². The van der Waals surface area contributed by atoms with Crippen molar-refractivity contribution in [1.82, 2.24) is 29.5 Å². The zero-order chi connectivity index (χ0) is 35.4. The molecule has 50 heavy (non-hydrogen) atoms. The van der Waals surface area contributed by atoms with Gasteiger partial charge < -0.3 is 25.0 Å². The van der Waals surface area contributed by atoms with Crippen LogP contribution in [0.5, 0.6) is 0 Å². The van der Waals surface area contributed by atoms with E-state index >= 15 is 8.78 Å². The first-order chi connectivity index (χ1) is 24.1. The highest BCUT2D eigenvalue weighted by Crippen LogP contribution is 2.34.